The number of rotatable bonds is 3. The fourth-order valence-electron chi connectivity index (χ4n) is 2.52. The van der Waals surface area contributed by atoms with E-state index in [-0.39, 0.29) is 11.6 Å². The number of cyclic esters (lactones) is 1. The third-order valence-electron chi connectivity index (χ3n) is 3.81. The first kappa shape index (κ1) is 17.9. The number of aliphatic imine (C=N–C) groups is 1. The lowest BCUT2D eigenvalue weighted by Gasteiger charge is -2.02. The van der Waals surface area contributed by atoms with Crippen molar-refractivity contribution in [3.05, 3.63) is 86.7 Å². The summed E-state index contributed by atoms with van der Waals surface area (Å²) in [4.78, 5) is 16.4. The summed E-state index contributed by atoms with van der Waals surface area (Å²) in [6.45, 7) is 0. The number of benzene rings is 2. The molecule has 0 bridgehead atoms. The molecule has 134 valence electrons. The Morgan fingerprint density at radius 3 is 2.41 bits per heavy atom. The smallest absolute Gasteiger partial charge is 0.363 e. The van der Waals surface area contributed by atoms with Crippen LogP contribution in [0.1, 0.15) is 11.3 Å². The Morgan fingerprint density at radius 2 is 1.63 bits per heavy atom. The summed E-state index contributed by atoms with van der Waals surface area (Å²) >= 11 is 18.0. The highest BCUT2D eigenvalue weighted by molar-refractivity contribution is 6.36. The first-order valence-electron chi connectivity index (χ1n) is 7.83. The Kier molecular flexibility index (Phi) is 4.79. The zero-order chi connectivity index (χ0) is 19.0. The maximum atomic E-state index is 12.1. The lowest BCUT2D eigenvalue weighted by molar-refractivity contribution is -0.129. The van der Waals surface area contributed by atoms with Crippen LogP contribution in [0.15, 0.2) is 69.7 Å². The van der Waals surface area contributed by atoms with Gasteiger partial charge in [-0.1, -0.05) is 34.8 Å². The summed E-state index contributed by atoms with van der Waals surface area (Å²) in [7, 11) is 0. The van der Waals surface area contributed by atoms with E-state index in [0.717, 1.165) is 5.56 Å². The number of nitrogens with zero attached hydrogens (tertiary/aromatic N) is 1. The van der Waals surface area contributed by atoms with Gasteiger partial charge in [-0.25, -0.2) is 9.79 Å². The molecule has 0 saturated heterocycles. The molecule has 0 fully saturated rings. The first-order chi connectivity index (χ1) is 13.0. The van der Waals surface area contributed by atoms with E-state index in [2.05, 4.69) is 4.99 Å². The number of ether oxygens (including phenoxy) is 1. The van der Waals surface area contributed by atoms with Gasteiger partial charge in [0.2, 0.25) is 5.90 Å². The Bertz CT molecular complexity index is 1100. The van der Waals surface area contributed by atoms with Crippen molar-refractivity contribution in [1.82, 2.24) is 0 Å². The SMILES string of the molecule is O=C1OC(c2cc(Cl)ccc2Cl)=N/C1=C\c1ccc(-c2ccc(Cl)cc2)o1. The summed E-state index contributed by atoms with van der Waals surface area (Å²) in [5.74, 6) is 0.620. The standard InChI is InChI=1S/C20H10Cl3NO3/c21-12-3-1-11(2-4-12)18-8-6-14(26-18)10-17-20(25)27-19(24-17)15-9-13(22)5-7-16(15)23/h1-10H/b17-10-. The van der Waals surface area contributed by atoms with E-state index in [0.29, 0.717) is 32.2 Å². The molecule has 0 aliphatic carbocycles. The van der Waals surface area contributed by atoms with Gasteiger partial charge in [0.05, 0.1) is 10.6 Å². The van der Waals surface area contributed by atoms with Crippen molar-refractivity contribution in [3.63, 3.8) is 0 Å². The Labute approximate surface area is 169 Å². The van der Waals surface area contributed by atoms with Crippen molar-refractivity contribution < 1.29 is 13.9 Å². The van der Waals surface area contributed by atoms with Gasteiger partial charge in [-0.2, -0.15) is 0 Å². The van der Waals surface area contributed by atoms with Crippen molar-refractivity contribution in [2.45, 2.75) is 0 Å². The third-order valence-corrected chi connectivity index (χ3v) is 4.63. The van der Waals surface area contributed by atoms with Crippen LogP contribution in [-0.2, 0) is 9.53 Å². The molecule has 0 radical (unpaired) electrons. The van der Waals surface area contributed by atoms with E-state index in [9.17, 15) is 4.79 Å². The van der Waals surface area contributed by atoms with E-state index in [1.54, 1.807) is 42.5 Å². The Balaban J connectivity index is 1.64. The van der Waals surface area contributed by atoms with Gasteiger partial charge in [-0.15, -0.1) is 0 Å². The molecule has 0 spiro atoms. The second kappa shape index (κ2) is 7.24. The molecule has 0 unspecified atom stereocenters. The van der Waals surface area contributed by atoms with Crippen LogP contribution in [0.3, 0.4) is 0 Å². The summed E-state index contributed by atoms with van der Waals surface area (Å²) in [5.41, 5.74) is 1.42. The quantitative estimate of drug-likeness (QED) is 0.373. The van der Waals surface area contributed by atoms with Crippen LogP contribution in [0.25, 0.3) is 17.4 Å². The molecular formula is C20H10Cl3NO3. The molecule has 0 N–H and O–H groups in total. The molecule has 1 aromatic heterocycles. The van der Waals surface area contributed by atoms with E-state index in [4.69, 9.17) is 44.0 Å². The molecule has 3 aromatic rings. The van der Waals surface area contributed by atoms with E-state index in [1.807, 2.05) is 12.1 Å². The maximum Gasteiger partial charge on any atom is 0.363 e. The highest BCUT2D eigenvalue weighted by atomic mass is 35.5. The van der Waals surface area contributed by atoms with Gasteiger partial charge in [0, 0.05) is 21.7 Å². The molecule has 1 aliphatic heterocycles. The molecular weight excluding hydrogens is 409 g/mol. The average molecular weight is 419 g/mol. The fraction of sp³-hybridized carbons (Fsp3) is 0. The first-order valence-corrected chi connectivity index (χ1v) is 8.97. The molecule has 4 rings (SSSR count). The molecule has 0 saturated carbocycles. The summed E-state index contributed by atoms with van der Waals surface area (Å²) < 4.78 is 11.0. The minimum atomic E-state index is -0.592. The molecule has 0 atom stereocenters. The Hall–Kier alpha value is -2.53. The second-order valence-corrected chi connectivity index (χ2v) is 6.95. The minimum absolute atomic E-state index is 0.100. The van der Waals surface area contributed by atoms with Crippen LogP contribution in [0.4, 0.5) is 0 Å². The molecule has 4 nitrogen and oxygen atoms in total. The van der Waals surface area contributed by atoms with Crippen LogP contribution in [0.2, 0.25) is 15.1 Å². The zero-order valence-electron chi connectivity index (χ0n) is 13.6. The van der Waals surface area contributed by atoms with Gasteiger partial charge in [0.15, 0.2) is 5.70 Å². The number of carbonyl (C=O) groups is 1. The van der Waals surface area contributed by atoms with Gasteiger partial charge in [-0.3, -0.25) is 0 Å². The lowest BCUT2D eigenvalue weighted by atomic mass is 10.2. The van der Waals surface area contributed by atoms with Crippen LogP contribution < -0.4 is 0 Å². The summed E-state index contributed by atoms with van der Waals surface area (Å²) in [5, 5.41) is 1.49. The number of esters is 1. The predicted octanol–water partition coefficient (Wildman–Crippen LogP) is 6.25. The lowest BCUT2D eigenvalue weighted by Crippen LogP contribution is -2.06. The third kappa shape index (κ3) is 3.78. The summed E-state index contributed by atoms with van der Waals surface area (Å²) in [6, 6.07) is 15.6. The van der Waals surface area contributed by atoms with Gasteiger partial charge < -0.3 is 9.15 Å². The highest BCUT2D eigenvalue weighted by Gasteiger charge is 2.26. The van der Waals surface area contributed by atoms with Crippen LogP contribution >= 0.6 is 34.8 Å². The van der Waals surface area contributed by atoms with E-state index in [1.165, 1.54) is 6.08 Å². The molecule has 2 heterocycles. The molecule has 27 heavy (non-hydrogen) atoms. The molecule has 7 heteroatoms. The fourth-order valence-corrected chi connectivity index (χ4v) is 3.02. The van der Waals surface area contributed by atoms with E-state index >= 15 is 0 Å². The van der Waals surface area contributed by atoms with Crippen LogP contribution in [0, 0.1) is 0 Å². The molecule has 2 aromatic carbocycles. The highest BCUT2D eigenvalue weighted by Crippen LogP contribution is 2.28. The molecule has 0 amide bonds. The Morgan fingerprint density at radius 1 is 0.889 bits per heavy atom. The van der Waals surface area contributed by atoms with Crippen molar-refractivity contribution in [1.29, 1.82) is 0 Å². The normalized spacial score (nSPS) is 15.1. The van der Waals surface area contributed by atoms with E-state index < -0.39 is 5.97 Å². The van der Waals surface area contributed by atoms with Gasteiger partial charge in [0.1, 0.15) is 11.5 Å². The van der Waals surface area contributed by atoms with Crippen molar-refractivity contribution in [2.75, 3.05) is 0 Å². The largest absolute Gasteiger partial charge is 0.457 e. The van der Waals surface area contributed by atoms with Gasteiger partial charge in [-0.05, 0) is 54.6 Å². The van der Waals surface area contributed by atoms with Crippen LogP contribution in [0.5, 0.6) is 0 Å². The topological polar surface area (TPSA) is 51.8 Å². The van der Waals surface area contributed by atoms with Crippen molar-refractivity contribution >= 4 is 52.7 Å². The van der Waals surface area contributed by atoms with Gasteiger partial charge >= 0.3 is 5.97 Å². The average Bonchev–Trinajstić information content (AvgIpc) is 3.25. The summed E-state index contributed by atoms with van der Waals surface area (Å²) in [6.07, 6.45) is 1.51. The second-order valence-electron chi connectivity index (χ2n) is 5.67. The maximum absolute atomic E-state index is 12.1. The van der Waals surface area contributed by atoms with Crippen molar-refractivity contribution in [3.8, 4) is 11.3 Å². The van der Waals surface area contributed by atoms with Crippen molar-refractivity contribution in [2.24, 2.45) is 4.99 Å². The monoisotopic (exact) mass is 417 g/mol. The van der Waals surface area contributed by atoms with Crippen LogP contribution in [-0.4, -0.2) is 11.9 Å². The number of hydrogen-bond acceptors (Lipinski definition) is 4. The number of halogens is 3. The zero-order valence-corrected chi connectivity index (χ0v) is 15.8. The number of furan rings is 1. The minimum Gasteiger partial charge on any atom is -0.457 e. The molecule has 1 aliphatic rings. The number of hydrogen-bond donors (Lipinski definition) is 0. The number of carbonyl (C=O) groups excluding carboxylic acids is 1. The van der Waals surface area contributed by atoms with Gasteiger partial charge in [0.25, 0.3) is 0 Å². The predicted molar refractivity (Wildman–Crippen MR) is 106 cm³/mol.